The van der Waals surface area contributed by atoms with Gasteiger partial charge in [0.25, 0.3) is 0 Å². The molecule has 21 heavy (non-hydrogen) atoms. The Morgan fingerprint density at radius 2 is 1.95 bits per heavy atom. The van der Waals surface area contributed by atoms with Crippen molar-refractivity contribution in [2.24, 2.45) is 0 Å². The van der Waals surface area contributed by atoms with Gasteiger partial charge in [-0.05, 0) is 6.07 Å². The molecule has 0 amide bonds. The van der Waals surface area contributed by atoms with Gasteiger partial charge in [-0.1, -0.05) is 29.8 Å². The van der Waals surface area contributed by atoms with Crippen LogP contribution in [0, 0.1) is 0 Å². The van der Waals surface area contributed by atoms with E-state index in [0.717, 1.165) is 32.8 Å². The second-order valence-electron chi connectivity index (χ2n) is 5.03. The number of nitrogens with zero attached hydrogens (tertiary/aromatic N) is 1. The average Bonchev–Trinajstić information content (AvgIpc) is 2.70. The van der Waals surface area contributed by atoms with Crippen molar-refractivity contribution in [2.45, 2.75) is 4.90 Å². The van der Waals surface area contributed by atoms with Crippen molar-refractivity contribution in [1.82, 2.24) is 10.2 Å². The van der Waals surface area contributed by atoms with Gasteiger partial charge in [-0.15, -0.1) is 0 Å². The Bertz CT molecular complexity index is 667. The summed E-state index contributed by atoms with van der Waals surface area (Å²) in [6, 6.07) is 6.88. The lowest BCUT2D eigenvalue weighted by Crippen LogP contribution is -2.40. The smallest absolute Gasteiger partial charge is 0.220 e. The van der Waals surface area contributed by atoms with E-state index in [1.807, 2.05) is 6.07 Å². The molecule has 114 valence electrons. The number of benzene rings is 1. The molecule has 0 atom stereocenters. The molecule has 0 unspecified atom stereocenters. The Morgan fingerprint density at radius 1 is 1.24 bits per heavy atom. The van der Waals surface area contributed by atoms with Crippen LogP contribution in [0.3, 0.4) is 0 Å². The summed E-state index contributed by atoms with van der Waals surface area (Å²) in [5, 5.41) is 3.18. The molecule has 2 aliphatic heterocycles. The number of rotatable bonds is 4. The Kier molecular flexibility index (Phi) is 4.21. The van der Waals surface area contributed by atoms with Crippen LogP contribution < -0.4 is 5.32 Å². The normalized spacial score (nSPS) is 21.4. The van der Waals surface area contributed by atoms with E-state index in [1.54, 1.807) is 18.2 Å². The average molecular weight is 329 g/mol. The molecule has 0 saturated carbocycles. The van der Waals surface area contributed by atoms with Gasteiger partial charge in [-0.3, -0.25) is 4.90 Å². The Balaban J connectivity index is 1.71. The van der Waals surface area contributed by atoms with E-state index >= 15 is 0 Å². The molecule has 2 heterocycles. The number of hydrogen-bond donors (Lipinski definition) is 1. The highest BCUT2D eigenvalue weighted by Crippen LogP contribution is 2.39. The second-order valence-corrected chi connectivity index (χ2v) is 7.49. The van der Waals surface area contributed by atoms with E-state index in [4.69, 9.17) is 16.3 Å². The molecule has 2 aliphatic rings. The number of ether oxygens (including phenoxy) is 1. The van der Waals surface area contributed by atoms with Crippen molar-refractivity contribution in [3.05, 3.63) is 34.2 Å². The summed E-state index contributed by atoms with van der Waals surface area (Å²) in [6.07, 6.45) is 0. The summed E-state index contributed by atoms with van der Waals surface area (Å²) >= 11 is 6.05. The van der Waals surface area contributed by atoms with Gasteiger partial charge < -0.3 is 10.1 Å². The molecule has 0 aromatic heterocycles. The van der Waals surface area contributed by atoms with E-state index in [0.29, 0.717) is 17.8 Å². The quantitative estimate of drug-likeness (QED) is 0.901. The zero-order valence-electron chi connectivity index (χ0n) is 11.5. The highest BCUT2D eigenvalue weighted by atomic mass is 35.5. The minimum atomic E-state index is -3.54. The third-order valence-corrected chi connectivity index (χ3v) is 6.12. The summed E-state index contributed by atoms with van der Waals surface area (Å²) in [5.74, 6) is 0. The van der Waals surface area contributed by atoms with Crippen LogP contribution in [-0.4, -0.2) is 52.7 Å². The zero-order chi connectivity index (χ0) is 14.9. The van der Waals surface area contributed by atoms with Crippen LogP contribution in [0.5, 0.6) is 0 Å². The van der Waals surface area contributed by atoms with Crippen molar-refractivity contribution < 1.29 is 13.2 Å². The van der Waals surface area contributed by atoms with Gasteiger partial charge in [0.15, 0.2) is 4.36 Å². The molecule has 1 aromatic carbocycles. The van der Waals surface area contributed by atoms with Crippen LogP contribution in [0.2, 0.25) is 0 Å². The van der Waals surface area contributed by atoms with Crippen molar-refractivity contribution in [2.75, 3.05) is 39.4 Å². The molecule has 0 spiro atoms. The Labute approximate surface area is 129 Å². The standard InChI is InChI=1S/C14H17ClN2O3S/c15-14-13(16-5-6-17-7-9-20-10-8-17)11-3-1-2-4-12(11)21(14,18)19/h1-4,16H,5-10H2. The van der Waals surface area contributed by atoms with Crippen molar-refractivity contribution in [3.63, 3.8) is 0 Å². The highest BCUT2D eigenvalue weighted by molar-refractivity contribution is 7.97. The van der Waals surface area contributed by atoms with Gasteiger partial charge >= 0.3 is 0 Å². The topological polar surface area (TPSA) is 58.6 Å². The van der Waals surface area contributed by atoms with Gasteiger partial charge in [-0.25, -0.2) is 8.42 Å². The Hall–Kier alpha value is -1.08. The molecule has 1 fully saturated rings. The Morgan fingerprint density at radius 3 is 2.71 bits per heavy atom. The predicted octanol–water partition coefficient (Wildman–Crippen LogP) is 1.26. The van der Waals surface area contributed by atoms with E-state index in [1.165, 1.54) is 0 Å². The minimum absolute atomic E-state index is 0.106. The van der Waals surface area contributed by atoms with Gasteiger partial charge in [0, 0.05) is 31.7 Å². The number of nitrogens with one attached hydrogen (secondary N) is 1. The first kappa shape index (κ1) is 14.8. The van der Waals surface area contributed by atoms with Gasteiger partial charge in [0.05, 0.1) is 23.8 Å². The lowest BCUT2D eigenvalue weighted by atomic mass is 10.2. The van der Waals surface area contributed by atoms with Crippen LogP contribution in [-0.2, 0) is 14.6 Å². The van der Waals surface area contributed by atoms with Crippen molar-refractivity contribution in [1.29, 1.82) is 0 Å². The van der Waals surface area contributed by atoms with Gasteiger partial charge in [0.2, 0.25) is 9.84 Å². The highest BCUT2D eigenvalue weighted by Gasteiger charge is 2.34. The van der Waals surface area contributed by atoms with Crippen LogP contribution in [0.15, 0.2) is 33.5 Å². The molecule has 0 radical (unpaired) electrons. The molecule has 0 aliphatic carbocycles. The molecule has 1 N–H and O–H groups in total. The number of halogens is 1. The van der Waals surface area contributed by atoms with Crippen LogP contribution in [0.1, 0.15) is 5.56 Å². The molecule has 1 aromatic rings. The number of fused-ring (bicyclic) bond motifs is 1. The maximum absolute atomic E-state index is 12.2. The van der Waals surface area contributed by atoms with E-state index in [2.05, 4.69) is 10.2 Å². The largest absolute Gasteiger partial charge is 0.381 e. The molecular formula is C14H17ClN2O3S. The lowest BCUT2D eigenvalue weighted by molar-refractivity contribution is 0.0388. The predicted molar refractivity (Wildman–Crippen MR) is 81.7 cm³/mol. The molecule has 1 saturated heterocycles. The molecule has 0 bridgehead atoms. The zero-order valence-corrected chi connectivity index (χ0v) is 13.1. The van der Waals surface area contributed by atoms with Gasteiger partial charge in [-0.2, -0.15) is 0 Å². The van der Waals surface area contributed by atoms with Crippen molar-refractivity contribution in [3.8, 4) is 0 Å². The lowest BCUT2D eigenvalue weighted by Gasteiger charge is -2.26. The van der Waals surface area contributed by atoms with Crippen molar-refractivity contribution >= 4 is 27.1 Å². The van der Waals surface area contributed by atoms with Crippen LogP contribution >= 0.6 is 11.6 Å². The van der Waals surface area contributed by atoms with Crippen LogP contribution in [0.4, 0.5) is 0 Å². The summed E-state index contributed by atoms with van der Waals surface area (Å²) in [5.41, 5.74) is 1.17. The third kappa shape index (κ3) is 2.81. The number of morpholine rings is 1. The minimum Gasteiger partial charge on any atom is -0.381 e. The maximum Gasteiger partial charge on any atom is 0.220 e. The first-order valence-corrected chi connectivity index (χ1v) is 8.75. The fraction of sp³-hybridized carbons (Fsp3) is 0.429. The summed E-state index contributed by atoms with van der Waals surface area (Å²) in [4.78, 5) is 2.56. The molecule has 5 nitrogen and oxygen atoms in total. The summed E-state index contributed by atoms with van der Waals surface area (Å²) in [7, 11) is -3.54. The maximum atomic E-state index is 12.2. The third-order valence-electron chi connectivity index (χ3n) is 3.71. The summed E-state index contributed by atoms with van der Waals surface area (Å²) in [6.45, 7) is 4.79. The molecule has 3 rings (SSSR count). The summed E-state index contributed by atoms with van der Waals surface area (Å²) < 4.78 is 29.6. The monoisotopic (exact) mass is 328 g/mol. The van der Waals surface area contributed by atoms with E-state index in [-0.39, 0.29) is 9.26 Å². The molecular weight excluding hydrogens is 312 g/mol. The first-order valence-electron chi connectivity index (χ1n) is 6.89. The van der Waals surface area contributed by atoms with Crippen LogP contribution in [0.25, 0.3) is 5.70 Å². The fourth-order valence-corrected chi connectivity index (χ4v) is 4.35. The van der Waals surface area contributed by atoms with E-state index < -0.39 is 9.84 Å². The van der Waals surface area contributed by atoms with Gasteiger partial charge in [0.1, 0.15) is 0 Å². The van der Waals surface area contributed by atoms with E-state index in [9.17, 15) is 8.42 Å². The first-order chi connectivity index (χ1) is 10.1. The number of sulfone groups is 1. The molecule has 7 heteroatoms. The second kappa shape index (κ2) is 5.96. The SMILES string of the molecule is O=S1(=O)C(Cl)=C(NCCN2CCOCC2)c2ccccc21. The number of hydrogen-bond acceptors (Lipinski definition) is 5. The fourth-order valence-electron chi connectivity index (χ4n) is 2.57.